The Bertz CT molecular complexity index is 382. The van der Waals surface area contributed by atoms with E-state index in [9.17, 15) is 31.4 Å². The van der Waals surface area contributed by atoms with Crippen molar-refractivity contribution in [3.63, 3.8) is 0 Å². The van der Waals surface area contributed by atoms with Crippen LogP contribution in [0.15, 0.2) is 5.10 Å². The number of hydrazone groups is 1. The molecule has 0 aliphatic carbocycles. The highest BCUT2D eigenvalue weighted by Crippen LogP contribution is 2.48. The Morgan fingerprint density at radius 2 is 1.73 bits per heavy atom. The molecule has 22 heavy (non-hydrogen) atoms. The molecule has 0 aromatic rings. The van der Waals surface area contributed by atoms with Crippen molar-refractivity contribution in [2.24, 2.45) is 16.8 Å². The molecule has 1 unspecified atom stereocenters. The number of thiocarbonyl (C=S) groups is 1. The van der Waals surface area contributed by atoms with Crippen LogP contribution in [0.25, 0.3) is 0 Å². The molecule has 0 rings (SSSR count). The average Bonchev–Trinajstić information content (AvgIpc) is 2.33. The fraction of sp³-hybridized carbons (Fsp3) is 0.818. The molecule has 0 spiro atoms. The first-order valence-corrected chi connectivity index (χ1v) is 6.73. The number of nitrogens with zero attached hydrogens (tertiary/aromatic N) is 1. The lowest BCUT2D eigenvalue weighted by atomic mass is 9.83. The Morgan fingerprint density at radius 1 is 1.23 bits per heavy atom. The molecule has 0 bridgehead atoms. The van der Waals surface area contributed by atoms with Gasteiger partial charge in [0.1, 0.15) is 0 Å². The van der Waals surface area contributed by atoms with Crippen LogP contribution in [-0.4, -0.2) is 34.4 Å². The van der Waals surface area contributed by atoms with Crippen LogP contribution in [0.1, 0.15) is 32.6 Å². The molecule has 4 N–H and O–H groups in total. The van der Waals surface area contributed by atoms with Crippen molar-refractivity contribution >= 4 is 23.5 Å². The van der Waals surface area contributed by atoms with Gasteiger partial charge in [-0.3, -0.25) is 5.43 Å². The number of aliphatic hydroxyl groups is 1. The Morgan fingerprint density at radius 3 is 2.09 bits per heavy atom. The SMILES string of the molecule is CCCCCC(/C=N/NC(N)=S)C(O)(C(F)(F)F)C(F)(F)F. The van der Waals surface area contributed by atoms with E-state index in [1.165, 1.54) is 0 Å². The minimum absolute atomic E-state index is 0.0642. The van der Waals surface area contributed by atoms with Crippen molar-refractivity contribution in [3.05, 3.63) is 0 Å². The lowest BCUT2D eigenvalue weighted by Crippen LogP contribution is -2.62. The maximum atomic E-state index is 12.8. The smallest absolute Gasteiger partial charge is 0.375 e. The summed E-state index contributed by atoms with van der Waals surface area (Å²) in [4.78, 5) is 0. The van der Waals surface area contributed by atoms with E-state index in [1.54, 1.807) is 6.92 Å². The topological polar surface area (TPSA) is 70.6 Å². The van der Waals surface area contributed by atoms with Gasteiger partial charge in [0, 0.05) is 12.1 Å². The average molecular weight is 353 g/mol. The summed E-state index contributed by atoms with van der Waals surface area (Å²) >= 11 is 4.34. The molecule has 11 heteroatoms. The van der Waals surface area contributed by atoms with Crippen LogP contribution in [0, 0.1) is 5.92 Å². The molecule has 0 aromatic heterocycles. The number of hydrogen-bond donors (Lipinski definition) is 3. The van der Waals surface area contributed by atoms with Crippen LogP contribution in [0.5, 0.6) is 0 Å². The number of hydrogen-bond acceptors (Lipinski definition) is 3. The van der Waals surface area contributed by atoms with Gasteiger partial charge in [-0.2, -0.15) is 31.4 Å². The van der Waals surface area contributed by atoms with Gasteiger partial charge in [-0.25, -0.2) is 0 Å². The number of unbranched alkanes of at least 4 members (excludes halogenated alkanes) is 2. The van der Waals surface area contributed by atoms with Crippen molar-refractivity contribution in [1.82, 2.24) is 5.43 Å². The maximum Gasteiger partial charge on any atom is 0.426 e. The van der Waals surface area contributed by atoms with Gasteiger partial charge in [-0.15, -0.1) is 0 Å². The van der Waals surface area contributed by atoms with Crippen molar-refractivity contribution in [3.8, 4) is 0 Å². The minimum atomic E-state index is -5.91. The zero-order valence-corrected chi connectivity index (χ0v) is 12.4. The van der Waals surface area contributed by atoms with Gasteiger partial charge < -0.3 is 10.8 Å². The van der Waals surface area contributed by atoms with Crippen LogP contribution in [0.2, 0.25) is 0 Å². The highest BCUT2D eigenvalue weighted by molar-refractivity contribution is 7.80. The van der Waals surface area contributed by atoms with Crippen molar-refractivity contribution in [1.29, 1.82) is 0 Å². The monoisotopic (exact) mass is 353 g/mol. The molecule has 1 atom stereocenters. The Balaban J connectivity index is 5.55. The molecule has 0 fully saturated rings. The summed E-state index contributed by atoms with van der Waals surface area (Å²) in [5, 5.41) is 12.1. The van der Waals surface area contributed by atoms with E-state index < -0.39 is 35.4 Å². The molecule has 4 nitrogen and oxygen atoms in total. The fourth-order valence-electron chi connectivity index (χ4n) is 1.78. The molecular weight excluding hydrogens is 336 g/mol. The third-order valence-electron chi connectivity index (χ3n) is 2.95. The molecule has 0 heterocycles. The molecule has 0 aliphatic heterocycles. The standard InChI is InChI=1S/C11H17F6N3OS/c1-2-3-4-5-7(6-19-20-8(18)22)9(21,10(12,13)14)11(15,16)17/h6-7,21H,2-5H2,1H3,(H3,18,20,22)/b19-6+. The summed E-state index contributed by atoms with van der Waals surface area (Å²) in [7, 11) is 0. The van der Waals surface area contributed by atoms with Gasteiger partial charge in [0.05, 0.1) is 0 Å². The summed E-state index contributed by atoms with van der Waals surface area (Å²) in [6.07, 6.45) is -10.9. The van der Waals surface area contributed by atoms with Gasteiger partial charge in [-0.05, 0) is 18.6 Å². The Kier molecular flexibility index (Phi) is 7.55. The predicted molar refractivity (Wildman–Crippen MR) is 73.1 cm³/mol. The summed E-state index contributed by atoms with van der Waals surface area (Å²) in [6.45, 7) is 1.73. The third kappa shape index (κ3) is 5.27. The van der Waals surface area contributed by atoms with E-state index in [0.29, 0.717) is 19.1 Å². The van der Waals surface area contributed by atoms with Crippen LogP contribution in [-0.2, 0) is 0 Å². The largest absolute Gasteiger partial charge is 0.426 e. The second kappa shape index (κ2) is 7.95. The first-order valence-electron chi connectivity index (χ1n) is 6.32. The first kappa shape index (κ1) is 20.9. The quantitative estimate of drug-likeness (QED) is 0.216. The number of nitrogens with two attached hydrogens (primary N) is 1. The summed E-state index contributed by atoms with van der Waals surface area (Å²) in [5.41, 5.74) is 1.96. The molecule has 130 valence electrons. The normalized spacial score (nSPS) is 15.1. The zero-order chi connectivity index (χ0) is 17.6. The van der Waals surface area contributed by atoms with Gasteiger partial charge in [0.25, 0.3) is 5.60 Å². The number of alkyl halides is 6. The first-order chi connectivity index (χ1) is 9.88. The molecule has 0 aromatic carbocycles. The molecular formula is C11H17F6N3OS. The second-order valence-corrected chi connectivity index (χ2v) is 5.06. The van der Waals surface area contributed by atoms with Gasteiger partial charge >= 0.3 is 12.4 Å². The second-order valence-electron chi connectivity index (χ2n) is 4.62. The van der Waals surface area contributed by atoms with Gasteiger partial charge in [0.15, 0.2) is 5.11 Å². The van der Waals surface area contributed by atoms with E-state index in [-0.39, 0.29) is 6.42 Å². The fourth-order valence-corrected chi connectivity index (χ4v) is 1.83. The van der Waals surface area contributed by atoms with E-state index >= 15 is 0 Å². The van der Waals surface area contributed by atoms with E-state index in [4.69, 9.17) is 5.73 Å². The van der Waals surface area contributed by atoms with Crippen molar-refractivity contribution < 1.29 is 31.4 Å². The zero-order valence-electron chi connectivity index (χ0n) is 11.6. The minimum Gasteiger partial charge on any atom is -0.375 e. The van der Waals surface area contributed by atoms with Gasteiger partial charge in [-0.1, -0.05) is 26.2 Å². The lowest BCUT2D eigenvalue weighted by molar-refractivity contribution is -0.378. The third-order valence-corrected chi connectivity index (χ3v) is 3.04. The number of halogens is 6. The highest BCUT2D eigenvalue weighted by Gasteiger charge is 2.73. The summed E-state index contributed by atoms with van der Waals surface area (Å²) in [5.74, 6) is -2.32. The summed E-state index contributed by atoms with van der Waals surface area (Å²) < 4.78 is 77.1. The van der Waals surface area contributed by atoms with Crippen LogP contribution in [0.3, 0.4) is 0 Å². The van der Waals surface area contributed by atoms with E-state index in [1.807, 2.05) is 5.43 Å². The van der Waals surface area contributed by atoms with Crippen LogP contribution in [0.4, 0.5) is 26.3 Å². The summed E-state index contributed by atoms with van der Waals surface area (Å²) in [6, 6.07) is 0. The van der Waals surface area contributed by atoms with E-state index in [0.717, 1.165) is 0 Å². The van der Waals surface area contributed by atoms with E-state index in [2.05, 4.69) is 17.3 Å². The predicted octanol–water partition coefficient (Wildman–Crippen LogP) is 2.86. The van der Waals surface area contributed by atoms with Crippen LogP contribution >= 0.6 is 12.2 Å². The molecule has 0 saturated carbocycles. The molecule has 0 aliphatic rings. The number of rotatable bonds is 7. The lowest BCUT2D eigenvalue weighted by Gasteiger charge is -2.37. The molecule has 0 radical (unpaired) electrons. The van der Waals surface area contributed by atoms with Gasteiger partial charge in [0.2, 0.25) is 0 Å². The Hall–Kier alpha value is -1.10. The number of nitrogens with one attached hydrogen (secondary N) is 1. The molecule has 0 saturated heterocycles. The highest BCUT2D eigenvalue weighted by atomic mass is 32.1. The van der Waals surface area contributed by atoms with Crippen molar-refractivity contribution in [2.45, 2.75) is 50.6 Å². The maximum absolute atomic E-state index is 12.8. The molecule has 0 amide bonds. The van der Waals surface area contributed by atoms with Crippen molar-refractivity contribution in [2.75, 3.05) is 0 Å². The van der Waals surface area contributed by atoms with Crippen LogP contribution < -0.4 is 11.2 Å². The Labute approximate surface area is 128 Å².